The third kappa shape index (κ3) is 2.50. The minimum Gasteiger partial charge on any atom is -0.354 e. The lowest BCUT2D eigenvalue weighted by atomic mass is 10.1. The minimum atomic E-state index is -0.353. The quantitative estimate of drug-likeness (QED) is 0.785. The lowest BCUT2D eigenvalue weighted by Crippen LogP contribution is -2.09. The molecule has 1 aromatic carbocycles. The van der Waals surface area contributed by atoms with Gasteiger partial charge >= 0.3 is 0 Å². The Labute approximate surface area is 103 Å². The molecule has 17 heavy (non-hydrogen) atoms. The molecule has 0 atom stereocenters. The van der Waals surface area contributed by atoms with Gasteiger partial charge in [-0.1, -0.05) is 0 Å². The molecule has 1 aromatic heterocycles. The Morgan fingerprint density at radius 1 is 1.29 bits per heavy atom. The average Bonchev–Trinajstić information content (AvgIpc) is 2.78. The van der Waals surface area contributed by atoms with Gasteiger partial charge in [0.15, 0.2) is 5.13 Å². The summed E-state index contributed by atoms with van der Waals surface area (Å²) < 4.78 is 12.7. The summed E-state index contributed by atoms with van der Waals surface area (Å²) in [6.07, 6.45) is 0. The van der Waals surface area contributed by atoms with Crippen LogP contribution in [0.2, 0.25) is 0 Å². The maximum Gasteiger partial charge on any atom is 0.212 e. The minimum absolute atomic E-state index is 0.186. The standard InChI is InChI=1S/C12H11FN2OS/c1-15(2)12-14-10(7-17-12)11(16)8-3-5-9(13)6-4-8/h3-7H,1-2H3. The molecular weight excluding hydrogens is 239 g/mol. The SMILES string of the molecule is CN(C)c1nc(C(=O)c2ccc(F)cc2)cs1. The molecule has 0 saturated carbocycles. The maximum atomic E-state index is 12.7. The fourth-order valence-electron chi connectivity index (χ4n) is 1.32. The van der Waals surface area contributed by atoms with Gasteiger partial charge in [0.25, 0.3) is 0 Å². The zero-order chi connectivity index (χ0) is 12.4. The second kappa shape index (κ2) is 4.63. The van der Waals surface area contributed by atoms with E-state index in [2.05, 4.69) is 4.98 Å². The number of rotatable bonds is 3. The average molecular weight is 250 g/mol. The smallest absolute Gasteiger partial charge is 0.212 e. The predicted molar refractivity (Wildman–Crippen MR) is 66.3 cm³/mol. The Hall–Kier alpha value is -1.75. The highest BCUT2D eigenvalue weighted by Crippen LogP contribution is 2.20. The van der Waals surface area contributed by atoms with Crippen molar-refractivity contribution in [2.75, 3.05) is 19.0 Å². The summed E-state index contributed by atoms with van der Waals surface area (Å²) in [5.74, 6) is -0.539. The predicted octanol–water partition coefficient (Wildman–Crippen LogP) is 2.58. The van der Waals surface area contributed by atoms with E-state index in [0.29, 0.717) is 11.3 Å². The molecule has 5 heteroatoms. The Balaban J connectivity index is 2.27. The van der Waals surface area contributed by atoms with E-state index in [1.54, 1.807) is 5.38 Å². The van der Waals surface area contributed by atoms with Gasteiger partial charge in [-0.15, -0.1) is 11.3 Å². The number of hydrogen-bond donors (Lipinski definition) is 0. The van der Waals surface area contributed by atoms with Gasteiger partial charge in [-0.05, 0) is 24.3 Å². The van der Waals surface area contributed by atoms with E-state index in [4.69, 9.17) is 0 Å². The van der Waals surface area contributed by atoms with Gasteiger partial charge in [0.05, 0.1) is 0 Å². The van der Waals surface area contributed by atoms with Gasteiger partial charge in [-0.2, -0.15) is 0 Å². The van der Waals surface area contributed by atoms with Crippen molar-refractivity contribution in [2.24, 2.45) is 0 Å². The maximum absolute atomic E-state index is 12.7. The number of carbonyl (C=O) groups is 1. The summed E-state index contributed by atoms with van der Waals surface area (Å²) in [5, 5.41) is 2.48. The molecule has 0 bridgehead atoms. The van der Waals surface area contributed by atoms with Crippen molar-refractivity contribution in [3.8, 4) is 0 Å². The molecule has 0 N–H and O–H groups in total. The van der Waals surface area contributed by atoms with Crippen LogP contribution in [0.5, 0.6) is 0 Å². The molecule has 2 aromatic rings. The van der Waals surface area contributed by atoms with Crippen molar-refractivity contribution in [3.05, 3.63) is 46.7 Å². The number of thiazole rings is 1. The summed E-state index contributed by atoms with van der Waals surface area (Å²) in [4.78, 5) is 18.0. The van der Waals surface area contributed by atoms with Crippen LogP contribution in [-0.4, -0.2) is 24.9 Å². The van der Waals surface area contributed by atoms with Crippen LogP contribution in [-0.2, 0) is 0 Å². The van der Waals surface area contributed by atoms with Gasteiger partial charge in [-0.25, -0.2) is 9.37 Å². The topological polar surface area (TPSA) is 33.2 Å². The molecule has 0 spiro atoms. The zero-order valence-corrected chi connectivity index (χ0v) is 10.3. The summed E-state index contributed by atoms with van der Waals surface area (Å²) in [7, 11) is 3.73. The highest BCUT2D eigenvalue weighted by molar-refractivity contribution is 7.13. The summed E-state index contributed by atoms with van der Waals surface area (Å²) in [5.41, 5.74) is 0.840. The number of ketones is 1. The first-order valence-electron chi connectivity index (χ1n) is 5.01. The summed E-state index contributed by atoms with van der Waals surface area (Å²) in [6.45, 7) is 0. The molecule has 0 aliphatic carbocycles. The van der Waals surface area contributed by atoms with E-state index in [1.165, 1.54) is 35.6 Å². The second-order valence-electron chi connectivity index (χ2n) is 3.75. The van der Waals surface area contributed by atoms with Crippen LogP contribution in [0.25, 0.3) is 0 Å². The number of aromatic nitrogens is 1. The Bertz CT molecular complexity index is 534. The van der Waals surface area contributed by atoms with E-state index in [9.17, 15) is 9.18 Å². The van der Waals surface area contributed by atoms with Crippen LogP contribution in [0.3, 0.4) is 0 Å². The molecule has 0 radical (unpaired) electrons. The van der Waals surface area contributed by atoms with Crippen LogP contribution in [0, 0.1) is 5.82 Å². The largest absolute Gasteiger partial charge is 0.354 e. The van der Waals surface area contributed by atoms with Gasteiger partial charge < -0.3 is 4.90 Å². The Morgan fingerprint density at radius 3 is 2.47 bits per heavy atom. The molecular formula is C12H11FN2OS. The molecule has 3 nitrogen and oxygen atoms in total. The molecule has 2 rings (SSSR count). The molecule has 0 unspecified atom stereocenters. The van der Waals surface area contributed by atoms with Crippen LogP contribution >= 0.6 is 11.3 Å². The van der Waals surface area contributed by atoms with E-state index in [-0.39, 0.29) is 11.6 Å². The molecule has 0 aliphatic rings. The van der Waals surface area contributed by atoms with Crippen molar-refractivity contribution in [2.45, 2.75) is 0 Å². The summed E-state index contributed by atoms with van der Waals surface area (Å²) in [6, 6.07) is 5.47. The van der Waals surface area contributed by atoms with Crippen molar-refractivity contribution in [1.29, 1.82) is 0 Å². The van der Waals surface area contributed by atoms with Crippen LogP contribution < -0.4 is 4.90 Å². The van der Waals surface area contributed by atoms with E-state index < -0.39 is 0 Å². The number of halogens is 1. The van der Waals surface area contributed by atoms with Crippen LogP contribution in [0.1, 0.15) is 16.1 Å². The third-order valence-corrected chi connectivity index (χ3v) is 3.22. The van der Waals surface area contributed by atoms with E-state index in [0.717, 1.165) is 5.13 Å². The normalized spacial score (nSPS) is 10.3. The molecule has 0 saturated heterocycles. The first-order chi connectivity index (χ1) is 8.08. The highest BCUT2D eigenvalue weighted by atomic mass is 32.1. The summed E-state index contributed by atoms with van der Waals surface area (Å²) >= 11 is 1.40. The zero-order valence-electron chi connectivity index (χ0n) is 9.48. The van der Waals surface area contributed by atoms with Crippen molar-refractivity contribution < 1.29 is 9.18 Å². The number of benzene rings is 1. The van der Waals surface area contributed by atoms with Gasteiger partial charge in [0.1, 0.15) is 11.5 Å². The van der Waals surface area contributed by atoms with Gasteiger partial charge in [-0.3, -0.25) is 4.79 Å². The highest BCUT2D eigenvalue weighted by Gasteiger charge is 2.13. The number of nitrogens with zero attached hydrogens (tertiary/aromatic N) is 2. The lowest BCUT2D eigenvalue weighted by Gasteiger charge is -2.05. The van der Waals surface area contributed by atoms with Crippen LogP contribution in [0.4, 0.5) is 9.52 Å². The van der Waals surface area contributed by atoms with E-state index in [1.807, 2.05) is 19.0 Å². The van der Waals surface area contributed by atoms with E-state index >= 15 is 0 Å². The molecule has 1 heterocycles. The Morgan fingerprint density at radius 2 is 1.94 bits per heavy atom. The second-order valence-corrected chi connectivity index (χ2v) is 4.58. The molecule has 0 fully saturated rings. The first kappa shape index (κ1) is 11.7. The van der Waals surface area contributed by atoms with Crippen molar-refractivity contribution in [3.63, 3.8) is 0 Å². The molecule has 0 aliphatic heterocycles. The van der Waals surface area contributed by atoms with Gasteiger partial charge in [0, 0.05) is 25.0 Å². The fourth-order valence-corrected chi connectivity index (χ4v) is 2.06. The lowest BCUT2D eigenvalue weighted by molar-refractivity contribution is 0.103. The monoisotopic (exact) mass is 250 g/mol. The number of hydrogen-bond acceptors (Lipinski definition) is 4. The number of anilines is 1. The molecule has 0 amide bonds. The van der Waals surface area contributed by atoms with Crippen LogP contribution in [0.15, 0.2) is 29.6 Å². The Kier molecular flexibility index (Phi) is 3.19. The van der Waals surface area contributed by atoms with Crippen molar-refractivity contribution in [1.82, 2.24) is 4.98 Å². The third-order valence-electron chi connectivity index (χ3n) is 2.21. The molecule has 88 valence electrons. The first-order valence-corrected chi connectivity index (χ1v) is 5.89. The number of carbonyl (C=O) groups excluding carboxylic acids is 1. The fraction of sp³-hybridized carbons (Fsp3) is 0.167. The van der Waals surface area contributed by atoms with Gasteiger partial charge in [0.2, 0.25) is 5.78 Å². The van der Waals surface area contributed by atoms with Crippen molar-refractivity contribution >= 4 is 22.3 Å².